The maximum atomic E-state index is 11.7. The first-order chi connectivity index (χ1) is 29.1. The summed E-state index contributed by atoms with van der Waals surface area (Å²) in [5.41, 5.74) is 13.2. The van der Waals surface area contributed by atoms with E-state index in [0.717, 1.165) is 84.4 Å². The summed E-state index contributed by atoms with van der Waals surface area (Å²) < 4.78 is 5.10. The largest absolute Gasteiger partial charge is 0.378 e. The summed E-state index contributed by atoms with van der Waals surface area (Å²) in [7, 11) is 0. The standard InChI is InChI=1S/C18H11N3O2S.C13H9N3OS.C12H8N2O3S/c22-17-15(24-18(23)21-17)9-11-6-7-14-13(8-11)16(20-10-19-14)12-4-2-1-3-5-12;14-13-16-12(17)11(18-13)7-8-3-4-10-9(6-8)2-1-5-15-10;1-6-8-4-7(2-3-9(8)17-14-6)5-10-11(15)13-12(16)18-10/h1-10H,(H,21,22,23);1-7H,(H2,14,16,17);2-5H,1H3,(H,13,15,16). The number of aromatic nitrogens is 4. The molecule has 5 amide bonds. The molecule has 14 nitrogen and oxygen atoms in total. The maximum Gasteiger partial charge on any atom is 0.290 e. The van der Waals surface area contributed by atoms with Gasteiger partial charge in [0.15, 0.2) is 10.8 Å². The van der Waals surface area contributed by atoms with Crippen LogP contribution in [0.5, 0.6) is 0 Å². The zero-order chi connectivity index (χ0) is 41.8. The van der Waals surface area contributed by atoms with E-state index in [1.54, 1.807) is 36.8 Å². The Kier molecular flexibility index (Phi) is 11.4. The van der Waals surface area contributed by atoms with Crippen molar-refractivity contribution in [3.8, 4) is 11.3 Å². The minimum absolute atomic E-state index is 0.274. The first-order valence-electron chi connectivity index (χ1n) is 17.8. The Bertz CT molecular complexity index is 3050. The van der Waals surface area contributed by atoms with Crippen LogP contribution >= 0.6 is 35.3 Å². The number of imide groups is 2. The number of fused-ring (bicyclic) bond motifs is 3. The second-order valence-corrected chi connectivity index (χ2v) is 16.0. The quantitative estimate of drug-likeness (QED) is 0.142. The summed E-state index contributed by atoms with van der Waals surface area (Å²) in [4.78, 5) is 74.9. The lowest BCUT2D eigenvalue weighted by Gasteiger charge is -2.06. The minimum Gasteiger partial charge on any atom is -0.378 e. The number of aryl methyl sites for hydroxylation is 1. The van der Waals surface area contributed by atoms with Gasteiger partial charge in [-0.3, -0.25) is 39.6 Å². The molecule has 0 unspecified atom stereocenters. The van der Waals surface area contributed by atoms with Crippen LogP contribution in [0.1, 0.15) is 22.4 Å². The van der Waals surface area contributed by atoms with E-state index in [2.05, 4.69) is 35.7 Å². The monoisotopic (exact) mass is 848 g/mol. The Balaban J connectivity index is 0.000000127. The highest BCUT2D eigenvalue weighted by Crippen LogP contribution is 2.31. The lowest BCUT2D eigenvalue weighted by atomic mass is 10.0. The summed E-state index contributed by atoms with van der Waals surface area (Å²) in [5.74, 6) is -0.992. The van der Waals surface area contributed by atoms with Crippen molar-refractivity contribution in [1.29, 1.82) is 0 Å². The van der Waals surface area contributed by atoms with Gasteiger partial charge in [-0.15, -0.1) is 0 Å². The number of amidine groups is 1. The van der Waals surface area contributed by atoms with Crippen molar-refractivity contribution >= 4 is 120 Å². The van der Waals surface area contributed by atoms with Crippen molar-refractivity contribution < 1.29 is 28.5 Å². The fourth-order valence-corrected chi connectivity index (χ4v) is 8.11. The van der Waals surface area contributed by atoms with Crippen molar-refractivity contribution in [2.75, 3.05) is 0 Å². The van der Waals surface area contributed by atoms with Crippen LogP contribution < -0.4 is 16.4 Å². The first-order valence-corrected chi connectivity index (χ1v) is 20.3. The van der Waals surface area contributed by atoms with Crippen LogP contribution in [0.4, 0.5) is 9.59 Å². The highest BCUT2D eigenvalue weighted by molar-refractivity contribution is 8.19. The summed E-state index contributed by atoms with van der Waals surface area (Å²) in [6.07, 6.45) is 8.47. The number of amides is 5. The molecule has 2 fully saturated rings. The average molecular weight is 849 g/mol. The van der Waals surface area contributed by atoms with Crippen LogP contribution in [0.3, 0.4) is 0 Å². The molecule has 3 aliphatic rings. The molecular weight excluding hydrogens is 821 g/mol. The van der Waals surface area contributed by atoms with E-state index in [-0.39, 0.29) is 28.2 Å². The minimum atomic E-state index is -0.363. The zero-order valence-electron chi connectivity index (χ0n) is 31.1. The number of carbonyl (C=O) groups excluding carboxylic acids is 5. The molecular formula is C43H28N8O6S3. The predicted molar refractivity (Wildman–Crippen MR) is 236 cm³/mol. The number of pyridine rings is 1. The number of hydrogen-bond donors (Lipinski definition) is 3. The Morgan fingerprint density at radius 3 is 1.92 bits per heavy atom. The fourth-order valence-electron chi connectivity index (χ4n) is 6.06. The smallest absolute Gasteiger partial charge is 0.290 e. The van der Waals surface area contributed by atoms with Gasteiger partial charge in [-0.2, -0.15) is 4.99 Å². The van der Waals surface area contributed by atoms with Crippen molar-refractivity contribution in [2.24, 2.45) is 10.7 Å². The van der Waals surface area contributed by atoms with Crippen molar-refractivity contribution in [3.63, 3.8) is 0 Å². The molecule has 294 valence electrons. The van der Waals surface area contributed by atoms with Gasteiger partial charge in [-0.25, -0.2) is 9.97 Å². The third-order valence-corrected chi connectivity index (χ3v) is 11.3. The van der Waals surface area contributed by atoms with Crippen molar-refractivity contribution in [3.05, 3.63) is 147 Å². The molecule has 0 bridgehead atoms. The van der Waals surface area contributed by atoms with Gasteiger partial charge in [0.05, 0.1) is 37.1 Å². The van der Waals surface area contributed by atoms with E-state index in [1.165, 1.54) is 11.8 Å². The summed E-state index contributed by atoms with van der Waals surface area (Å²) in [6, 6.07) is 30.7. The van der Waals surface area contributed by atoms with Gasteiger partial charge >= 0.3 is 0 Å². The lowest BCUT2D eigenvalue weighted by molar-refractivity contribution is -0.116. The molecule has 4 N–H and O–H groups in total. The Labute approximate surface area is 352 Å². The molecule has 60 heavy (non-hydrogen) atoms. The first kappa shape index (κ1) is 39.6. The van der Waals surface area contributed by atoms with Gasteiger partial charge < -0.3 is 10.3 Å². The summed E-state index contributed by atoms with van der Waals surface area (Å²) in [6.45, 7) is 1.85. The van der Waals surface area contributed by atoms with Crippen LogP contribution in [-0.4, -0.2) is 53.5 Å². The molecule has 17 heteroatoms. The van der Waals surface area contributed by atoms with E-state index in [4.69, 9.17) is 10.3 Å². The zero-order valence-corrected chi connectivity index (χ0v) is 33.6. The highest BCUT2D eigenvalue weighted by atomic mass is 32.2. The number of hydrogen-bond acceptors (Lipinski definition) is 14. The van der Waals surface area contributed by atoms with Crippen molar-refractivity contribution in [2.45, 2.75) is 6.92 Å². The molecule has 10 rings (SSSR count). The molecule has 0 aliphatic carbocycles. The molecule has 0 radical (unpaired) electrons. The van der Waals surface area contributed by atoms with Gasteiger partial charge in [0.1, 0.15) is 6.33 Å². The Hall–Kier alpha value is -7.21. The maximum absolute atomic E-state index is 11.7. The number of carbonyl (C=O) groups is 5. The van der Waals surface area contributed by atoms with Gasteiger partial charge in [0.25, 0.3) is 28.2 Å². The SMILES string of the molecule is Cc1noc2ccc(C=C3SC(=O)NC3=O)cc12.NC1=NC(=O)C(=Cc2ccc3ncccc3c2)S1.O=C1NC(=O)C(=Cc2ccc3ncnc(-c4ccccc4)c3c2)S1. The van der Waals surface area contributed by atoms with Crippen LogP contribution in [0.2, 0.25) is 0 Å². The Morgan fingerprint density at radius 2 is 1.27 bits per heavy atom. The van der Waals surface area contributed by atoms with E-state index in [1.807, 2.05) is 97.9 Å². The third-order valence-electron chi connectivity index (χ3n) is 8.82. The summed E-state index contributed by atoms with van der Waals surface area (Å²) in [5, 5.41) is 10.8. The normalized spacial score (nSPS) is 16.9. The van der Waals surface area contributed by atoms with Crippen molar-refractivity contribution in [1.82, 2.24) is 30.7 Å². The number of rotatable bonds is 4. The molecule has 6 heterocycles. The second kappa shape index (κ2) is 17.3. The van der Waals surface area contributed by atoms with Crippen LogP contribution in [0, 0.1) is 6.92 Å². The molecule has 7 aromatic rings. The predicted octanol–water partition coefficient (Wildman–Crippen LogP) is 8.24. The number of nitrogens with two attached hydrogens (primary N) is 1. The van der Waals surface area contributed by atoms with Gasteiger partial charge in [-0.05, 0) is 120 Å². The molecule has 3 aliphatic heterocycles. The van der Waals surface area contributed by atoms with E-state index in [0.29, 0.717) is 25.5 Å². The number of benzene rings is 4. The fraction of sp³-hybridized carbons (Fsp3) is 0.0233. The molecule has 2 saturated heterocycles. The Morgan fingerprint density at radius 1 is 0.633 bits per heavy atom. The number of aliphatic imine (C=N–C) groups is 1. The number of nitrogens with one attached hydrogen (secondary N) is 2. The van der Waals surface area contributed by atoms with E-state index in [9.17, 15) is 24.0 Å². The molecule has 0 spiro atoms. The number of thioether (sulfide) groups is 3. The molecule has 3 aromatic heterocycles. The third kappa shape index (κ3) is 9.07. The topological polar surface area (TPSA) is 212 Å². The molecule has 0 saturated carbocycles. The molecule has 0 atom stereocenters. The summed E-state index contributed by atoms with van der Waals surface area (Å²) >= 11 is 3.00. The van der Waals surface area contributed by atoms with E-state index >= 15 is 0 Å². The second-order valence-electron chi connectivity index (χ2n) is 12.9. The molecule has 4 aromatic carbocycles. The van der Waals surface area contributed by atoms with Crippen LogP contribution in [-0.2, 0) is 14.4 Å². The average Bonchev–Trinajstić information content (AvgIpc) is 3.98. The van der Waals surface area contributed by atoms with Gasteiger partial charge in [-0.1, -0.05) is 59.8 Å². The van der Waals surface area contributed by atoms with E-state index < -0.39 is 0 Å². The number of nitrogens with zero attached hydrogens (tertiary/aromatic N) is 5. The highest BCUT2D eigenvalue weighted by Gasteiger charge is 2.26. The van der Waals surface area contributed by atoms with Gasteiger partial charge in [0, 0.05) is 27.9 Å². The van der Waals surface area contributed by atoms with Crippen LogP contribution in [0.25, 0.3) is 62.3 Å². The lowest BCUT2D eigenvalue weighted by Crippen LogP contribution is -2.17. The van der Waals surface area contributed by atoms with Gasteiger partial charge in [0.2, 0.25) is 0 Å². The van der Waals surface area contributed by atoms with Crippen LogP contribution in [0.15, 0.2) is 134 Å².